The van der Waals surface area contributed by atoms with Gasteiger partial charge >= 0.3 is 5.97 Å². The van der Waals surface area contributed by atoms with E-state index < -0.39 is 53.8 Å². The predicted octanol–water partition coefficient (Wildman–Crippen LogP) is -1.94. The second-order valence-corrected chi connectivity index (χ2v) is 8.59. The lowest BCUT2D eigenvalue weighted by Gasteiger charge is -2.24. The van der Waals surface area contributed by atoms with Gasteiger partial charge in [0.1, 0.15) is 18.1 Å². The number of carbonyl (C=O) groups excluding carboxylic acids is 4. The van der Waals surface area contributed by atoms with Crippen molar-refractivity contribution >= 4 is 42.2 Å². The van der Waals surface area contributed by atoms with Crippen molar-refractivity contribution in [3.8, 4) is 0 Å². The van der Waals surface area contributed by atoms with Gasteiger partial charge in [-0.25, -0.2) is 9.78 Å². The zero-order valence-electron chi connectivity index (χ0n) is 19.1. The van der Waals surface area contributed by atoms with Gasteiger partial charge in [-0.15, -0.1) is 0 Å². The molecule has 0 aromatic carbocycles. The topological polar surface area (TPSA) is 222 Å². The molecule has 4 atom stereocenters. The van der Waals surface area contributed by atoms with Gasteiger partial charge in [0.2, 0.25) is 23.6 Å². The molecule has 0 bridgehead atoms. The van der Waals surface area contributed by atoms with E-state index in [9.17, 15) is 29.1 Å². The first-order valence-corrected chi connectivity index (χ1v) is 11.3. The van der Waals surface area contributed by atoms with Crippen LogP contribution in [-0.4, -0.2) is 74.6 Å². The number of amides is 4. The minimum Gasteiger partial charge on any atom is -0.480 e. The van der Waals surface area contributed by atoms with Crippen LogP contribution >= 0.6 is 12.6 Å². The highest BCUT2D eigenvalue weighted by atomic mass is 32.1. The lowest BCUT2D eigenvalue weighted by atomic mass is 10.0. The summed E-state index contributed by atoms with van der Waals surface area (Å²) in [5.74, 6) is -4.11. The van der Waals surface area contributed by atoms with Crippen LogP contribution in [0.4, 0.5) is 0 Å². The molecule has 4 unspecified atom stereocenters. The number of nitrogens with two attached hydrogens (primary N) is 2. The molecular formula is C20H33N7O6S. The Hall–Kier alpha value is -3.13. The molecule has 9 N–H and O–H groups in total. The summed E-state index contributed by atoms with van der Waals surface area (Å²) in [4.78, 5) is 67.2. The first kappa shape index (κ1) is 28.9. The summed E-state index contributed by atoms with van der Waals surface area (Å²) in [5.41, 5.74) is 11.5. The summed E-state index contributed by atoms with van der Waals surface area (Å²) in [6.07, 6.45) is 2.82. The number of thiol groups is 1. The quantitative estimate of drug-likeness (QED) is 0.126. The summed E-state index contributed by atoms with van der Waals surface area (Å²) < 4.78 is 0. The number of aromatic nitrogens is 2. The highest BCUT2D eigenvalue weighted by Crippen LogP contribution is 2.06. The zero-order chi connectivity index (χ0) is 25.8. The van der Waals surface area contributed by atoms with Gasteiger partial charge in [0.25, 0.3) is 0 Å². The van der Waals surface area contributed by atoms with Crippen LogP contribution in [0.15, 0.2) is 12.5 Å². The summed E-state index contributed by atoms with van der Waals surface area (Å²) in [6.45, 7) is 3.77. The Morgan fingerprint density at radius 3 is 2.15 bits per heavy atom. The fraction of sp³-hybridized carbons (Fsp3) is 0.600. The number of nitrogens with one attached hydrogen (secondary N) is 4. The van der Waals surface area contributed by atoms with E-state index in [-0.39, 0.29) is 30.9 Å². The maximum absolute atomic E-state index is 12.8. The van der Waals surface area contributed by atoms with Crippen molar-refractivity contribution in [3.63, 3.8) is 0 Å². The molecule has 1 aromatic heterocycles. The minimum atomic E-state index is -1.29. The van der Waals surface area contributed by atoms with E-state index >= 15 is 0 Å². The summed E-state index contributed by atoms with van der Waals surface area (Å²) in [5, 5.41) is 16.7. The lowest BCUT2D eigenvalue weighted by Crippen LogP contribution is -2.58. The van der Waals surface area contributed by atoms with Crippen molar-refractivity contribution in [2.24, 2.45) is 17.4 Å². The Morgan fingerprint density at radius 2 is 1.65 bits per heavy atom. The molecule has 1 aromatic rings. The van der Waals surface area contributed by atoms with Crippen LogP contribution in [0.25, 0.3) is 0 Å². The van der Waals surface area contributed by atoms with Crippen LogP contribution < -0.4 is 27.4 Å². The highest BCUT2D eigenvalue weighted by molar-refractivity contribution is 7.80. The monoisotopic (exact) mass is 499 g/mol. The van der Waals surface area contributed by atoms with Crippen LogP contribution in [0.2, 0.25) is 0 Å². The molecule has 0 saturated carbocycles. The smallest absolute Gasteiger partial charge is 0.326 e. The number of aliphatic carboxylic acids is 1. The number of nitrogens with zero attached hydrogens (tertiary/aromatic N) is 1. The third kappa shape index (κ3) is 10.2. The van der Waals surface area contributed by atoms with Crippen LogP contribution in [-0.2, 0) is 30.4 Å². The summed E-state index contributed by atoms with van der Waals surface area (Å²) >= 11 is 4.07. The second kappa shape index (κ2) is 14.2. The van der Waals surface area contributed by atoms with E-state index in [2.05, 4.69) is 38.5 Å². The van der Waals surface area contributed by atoms with E-state index in [0.29, 0.717) is 12.1 Å². The van der Waals surface area contributed by atoms with E-state index in [1.54, 1.807) is 0 Å². The third-order valence-electron chi connectivity index (χ3n) is 4.78. The maximum atomic E-state index is 12.8. The lowest BCUT2D eigenvalue weighted by molar-refractivity contribution is -0.142. The molecule has 0 radical (unpaired) electrons. The van der Waals surface area contributed by atoms with Gasteiger partial charge in [-0.3, -0.25) is 19.2 Å². The molecule has 190 valence electrons. The molecule has 1 rings (SSSR count). The number of primary amides is 1. The van der Waals surface area contributed by atoms with Gasteiger partial charge < -0.3 is 37.5 Å². The Labute approximate surface area is 202 Å². The van der Waals surface area contributed by atoms with Crippen molar-refractivity contribution in [2.75, 3.05) is 5.75 Å². The number of H-pyrrole nitrogens is 1. The van der Waals surface area contributed by atoms with Crippen molar-refractivity contribution < 1.29 is 29.1 Å². The van der Waals surface area contributed by atoms with Crippen molar-refractivity contribution in [1.29, 1.82) is 0 Å². The number of rotatable bonds is 15. The molecular weight excluding hydrogens is 466 g/mol. The number of aromatic amines is 1. The summed E-state index contributed by atoms with van der Waals surface area (Å²) in [7, 11) is 0. The van der Waals surface area contributed by atoms with Gasteiger partial charge in [-0.05, 0) is 18.8 Å². The SMILES string of the molecule is CC(C)CC(N)C(=O)NC(CCC(N)=O)C(=O)NC(CS)C(=O)NC(Cc1cnc[nH]1)C(=O)O. The van der Waals surface area contributed by atoms with Crippen LogP contribution in [0.3, 0.4) is 0 Å². The predicted molar refractivity (Wildman–Crippen MR) is 125 cm³/mol. The molecule has 1 heterocycles. The standard InChI is InChI=1S/C20H33N7O6S/c1-10(2)5-12(21)17(29)25-13(3-4-16(22)28)18(30)27-15(8-34)19(31)26-14(20(32)33)6-11-7-23-9-24-11/h7,9-10,12-15,34H,3-6,8,21H2,1-2H3,(H2,22,28)(H,23,24)(H,25,29)(H,26,31)(H,27,30)(H,32,33). The molecule has 0 fully saturated rings. The Bertz CT molecular complexity index is 848. The van der Waals surface area contributed by atoms with Crippen LogP contribution in [0.1, 0.15) is 38.8 Å². The molecule has 0 spiro atoms. The van der Waals surface area contributed by atoms with Gasteiger partial charge in [-0.2, -0.15) is 12.6 Å². The second-order valence-electron chi connectivity index (χ2n) is 8.23. The molecule has 0 saturated heterocycles. The average Bonchev–Trinajstić information content (AvgIpc) is 3.26. The Morgan fingerprint density at radius 1 is 1.06 bits per heavy atom. The molecule has 0 aliphatic rings. The minimum absolute atomic E-state index is 0.0562. The Kier molecular flexibility index (Phi) is 12.1. The largest absolute Gasteiger partial charge is 0.480 e. The molecule has 0 aliphatic carbocycles. The molecule has 14 heteroatoms. The number of carboxylic acids is 1. The van der Waals surface area contributed by atoms with E-state index in [4.69, 9.17) is 11.5 Å². The first-order chi connectivity index (χ1) is 15.9. The number of carbonyl (C=O) groups is 5. The Balaban J connectivity index is 2.86. The number of carboxylic acid groups (broad SMARTS) is 1. The van der Waals surface area contributed by atoms with Crippen LogP contribution in [0.5, 0.6) is 0 Å². The zero-order valence-corrected chi connectivity index (χ0v) is 20.0. The van der Waals surface area contributed by atoms with Crippen molar-refractivity contribution in [2.45, 2.75) is 63.7 Å². The highest BCUT2D eigenvalue weighted by Gasteiger charge is 2.30. The molecule has 0 aliphatic heterocycles. The van der Waals surface area contributed by atoms with E-state index in [0.717, 1.165) is 0 Å². The number of hydrogen-bond donors (Lipinski definition) is 8. The van der Waals surface area contributed by atoms with E-state index in [1.165, 1.54) is 12.5 Å². The van der Waals surface area contributed by atoms with Gasteiger partial charge in [-0.1, -0.05) is 13.8 Å². The average molecular weight is 500 g/mol. The molecule has 34 heavy (non-hydrogen) atoms. The van der Waals surface area contributed by atoms with Crippen molar-refractivity contribution in [3.05, 3.63) is 18.2 Å². The number of imidazole rings is 1. The fourth-order valence-electron chi connectivity index (χ4n) is 3.00. The van der Waals surface area contributed by atoms with Crippen LogP contribution in [0, 0.1) is 5.92 Å². The summed E-state index contributed by atoms with van der Waals surface area (Å²) in [6, 6.07) is -4.55. The normalized spacial score (nSPS) is 14.5. The number of hydrogen-bond acceptors (Lipinski definition) is 8. The third-order valence-corrected chi connectivity index (χ3v) is 5.15. The molecule has 13 nitrogen and oxygen atoms in total. The maximum Gasteiger partial charge on any atom is 0.326 e. The van der Waals surface area contributed by atoms with Gasteiger partial charge in [0.05, 0.1) is 12.4 Å². The van der Waals surface area contributed by atoms with E-state index in [1.807, 2.05) is 13.8 Å². The first-order valence-electron chi connectivity index (χ1n) is 10.7. The molecule has 4 amide bonds. The van der Waals surface area contributed by atoms with Gasteiger partial charge in [0.15, 0.2) is 0 Å². The van der Waals surface area contributed by atoms with Crippen molar-refractivity contribution in [1.82, 2.24) is 25.9 Å². The fourth-order valence-corrected chi connectivity index (χ4v) is 3.26. The van der Waals surface area contributed by atoms with Gasteiger partial charge in [0, 0.05) is 30.5 Å².